The quantitative estimate of drug-likeness (QED) is 0.519. The lowest BCUT2D eigenvalue weighted by Gasteiger charge is -2.36. The van der Waals surface area contributed by atoms with Crippen molar-refractivity contribution in [2.45, 2.75) is 70.0 Å². The van der Waals surface area contributed by atoms with Crippen molar-refractivity contribution in [3.63, 3.8) is 0 Å². The average Bonchev–Trinajstić information content (AvgIpc) is 3.55. The third kappa shape index (κ3) is 3.35. The van der Waals surface area contributed by atoms with Gasteiger partial charge in [-0.3, -0.25) is 14.4 Å². The maximum atomic E-state index is 13.8. The Labute approximate surface area is 202 Å². The van der Waals surface area contributed by atoms with Gasteiger partial charge in [-0.1, -0.05) is 24.3 Å². The number of nitrogens with zero attached hydrogens (tertiary/aromatic N) is 4. The number of rotatable bonds is 8. The smallest absolute Gasteiger partial charge is 0.312 e. The standard InChI is InChI=1S/C24H31N5O6/c1-4-14(12-30)29-19(20(31)25-13-28-16-9-7-6-8-15(16)26-27-28)24-11-10-23(3,35-24)18(17(24)21(29)32)22(33)34-5-2/h6-9,14,17-19,30H,4-5,10-13H2,1-3H3,(H,25,31)/t14-,17-,18-,19?,23+,24?/m0/s1. The molecule has 0 aliphatic carbocycles. The number of amides is 2. The van der Waals surface area contributed by atoms with E-state index in [0.717, 1.165) is 5.52 Å². The number of likely N-dealkylation sites (tertiary alicyclic amines) is 1. The number of hydrogen-bond acceptors (Lipinski definition) is 8. The molecule has 2 amide bonds. The number of aliphatic hydroxyl groups excluding tert-OH is 1. The molecular formula is C24H31N5O6. The minimum atomic E-state index is -1.17. The number of aliphatic hydroxyl groups is 1. The number of nitrogens with one attached hydrogen (secondary N) is 1. The fourth-order valence-corrected chi connectivity index (χ4v) is 6.34. The Balaban J connectivity index is 1.49. The summed E-state index contributed by atoms with van der Waals surface area (Å²) in [5.74, 6) is -2.90. The first-order chi connectivity index (χ1) is 16.8. The van der Waals surface area contributed by atoms with Crippen LogP contribution in [0.25, 0.3) is 11.0 Å². The molecule has 11 heteroatoms. The molecule has 2 N–H and O–H groups in total. The number of benzene rings is 1. The first-order valence-electron chi connectivity index (χ1n) is 12.2. The number of fused-ring (bicyclic) bond motifs is 2. The van der Waals surface area contributed by atoms with Crippen molar-refractivity contribution in [3.8, 4) is 0 Å². The summed E-state index contributed by atoms with van der Waals surface area (Å²) in [5, 5.41) is 21.2. The first kappa shape index (κ1) is 23.7. The molecule has 3 fully saturated rings. The van der Waals surface area contributed by atoms with Crippen LogP contribution in [-0.2, 0) is 30.5 Å². The van der Waals surface area contributed by atoms with E-state index < -0.39 is 47.0 Å². The van der Waals surface area contributed by atoms with E-state index >= 15 is 0 Å². The lowest BCUT2D eigenvalue weighted by Crippen LogP contribution is -2.58. The lowest BCUT2D eigenvalue weighted by atomic mass is 9.66. The Bertz CT molecular complexity index is 1160. The Kier molecular flexibility index (Phi) is 5.79. The van der Waals surface area contributed by atoms with Crippen molar-refractivity contribution in [2.24, 2.45) is 11.8 Å². The second-order valence-corrected chi connectivity index (χ2v) is 9.75. The van der Waals surface area contributed by atoms with Crippen molar-refractivity contribution in [1.29, 1.82) is 0 Å². The molecule has 188 valence electrons. The number of aromatic nitrogens is 3. The largest absolute Gasteiger partial charge is 0.466 e. The number of carbonyl (C=O) groups is 3. The molecular weight excluding hydrogens is 454 g/mol. The van der Waals surface area contributed by atoms with Gasteiger partial charge in [0.25, 0.3) is 0 Å². The highest BCUT2D eigenvalue weighted by Crippen LogP contribution is 2.63. The zero-order chi connectivity index (χ0) is 25.0. The normalized spacial score (nSPS) is 32.2. The van der Waals surface area contributed by atoms with E-state index in [0.29, 0.717) is 24.8 Å². The summed E-state index contributed by atoms with van der Waals surface area (Å²) in [6.45, 7) is 5.32. The van der Waals surface area contributed by atoms with Crippen LogP contribution in [0.4, 0.5) is 0 Å². The minimum absolute atomic E-state index is 0.0487. The van der Waals surface area contributed by atoms with Crippen LogP contribution in [0.1, 0.15) is 40.0 Å². The van der Waals surface area contributed by atoms with Crippen LogP contribution in [0.15, 0.2) is 24.3 Å². The maximum Gasteiger partial charge on any atom is 0.312 e. The highest BCUT2D eigenvalue weighted by atomic mass is 16.6. The van der Waals surface area contributed by atoms with E-state index in [9.17, 15) is 19.5 Å². The van der Waals surface area contributed by atoms with Gasteiger partial charge >= 0.3 is 5.97 Å². The van der Waals surface area contributed by atoms with Gasteiger partial charge < -0.3 is 24.8 Å². The van der Waals surface area contributed by atoms with Crippen LogP contribution < -0.4 is 5.32 Å². The molecule has 1 aromatic carbocycles. The summed E-state index contributed by atoms with van der Waals surface area (Å²) in [6, 6.07) is 5.83. The molecule has 6 atom stereocenters. The Morgan fingerprint density at radius 1 is 1.31 bits per heavy atom. The molecule has 0 radical (unpaired) electrons. The fraction of sp³-hybridized carbons (Fsp3) is 0.625. The highest BCUT2D eigenvalue weighted by Gasteiger charge is 2.78. The Morgan fingerprint density at radius 2 is 2.09 bits per heavy atom. The van der Waals surface area contributed by atoms with Crippen molar-refractivity contribution >= 4 is 28.8 Å². The summed E-state index contributed by atoms with van der Waals surface area (Å²) in [4.78, 5) is 42.0. The van der Waals surface area contributed by atoms with Gasteiger partial charge in [0, 0.05) is 0 Å². The number of para-hydroxylation sites is 1. The van der Waals surface area contributed by atoms with Crippen LogP contribution in [0.5, 0.6) is 0 Å². The maximum absolute atomic E-state index is 13.8. The molecule has 35 heavy (non-hydrogen) atoms. The predicted molar refractivity (Wildman–Crippen MR) is 123 cm³/mol. The molecule has 1 aromatic heterocycles. The van der Waals surface area contributed by atoms with Gasteiger partial charge in [0.1, 0.15) is 29.7 Å². The second-order valence-electron chi connectivity index (χ2n) is 9.75. The van der Waals surface area contributed by atoms with Gasteiger partial charge in [-0.2, -0.15) is 0 Å². The Hall–Kier alpha value is -3.05. The van der Waals surface area contributed by atoms with Gasteiger partial charge in [0.15, 0.2) is 0 Å². The second kappa shape index (κ2) is 8.56. The van der Waals surface area contributed by atoms with Crippen LogP contribution >= 0.6 is 0 Å². The van der Waals surface area contributed by atoms with Gasteiger partial charge in [0.05, 0.1) is 36.3 Å². The molecule has 2 unspecified atom stereocenters. The van der Waals surface area contributed by atoms with Crippen LogP contribution in [0, 0.1) is 11.8 Å². The molecule has 5 rings (SSSR count). The summed E-state index contributed by atoms with van der Waals surface area (Å²) in [6.07, 6.45) is 1.43. The van der Waals surface area contributed by atoms with Gasteiger partial charge in [-0.05, 0) is 45.2 Å². The van der Waals surface area contributed by atoms with E-state index in [1.54, 1.807) is 11.6 Å². The van der Waals surface area contributed by atoms with E-state index in [4.69, 9.17) is 9.47 Å². The van der Waals surface area contributed by atoms with Crippen molar-refractivity contribution < 1.29 is 29.0 Å². The van der Waals surface area contributed by atoms with Crippen LogP contribution in [0.3, 0.4) is 0 Å². The zero-order valence-electron chi connectivity index (χ0n) is 20.1. The number of esters is 1. The van der Waals surface area contributed by atoms with E-state index in [1.807, 2.05) is 38.1 Å². The van der Waals surface area contributed by atoms with Gasteiger partial charge in [0.2, 0.25) is 11.8 Å². The SMILES string of the molecule is CCOC(=O)[C@@H]1[C@H]2C(=O)N([C@@H](CC)CO)C(C(=O)NCn3nnc4ccccc43)C23CC[C@@]1(C)O3. The summed E-state index contributed by atoms with van der Waals surface area (Å²) in [7, 11) is 0. The molecule has 3 aliphatic heterocycles. The zero-order valence-corrected chi connectivity index (χ0v) is 20.1. The van der Waals surface area contributed by atoms with Gasteiger partial charge in [-0.25, -0.2) is 4.68 Å². The molecule has 4 heterocycles. The van der Waals surface area contributed by atoms with Gasteiger partial charge in [-0.15, -0.1) is 5.10 Å². The van der Waals surface area contributed by atoms with Crippen molar-refractivity contribution in [1.82, 2.24) is 25.2 Å². The van der Waals surface area contributed by atoms with E-state index in [1.165, 1.54) is 4.90 Å². The summed E-state index contributed by atoms with van der Waals surface area (Å²) in [5.41, 5.74) is -0.592. The topological polar surface area (TPSA) is 136 Å². The highest BCUT2D eigenvalue weighted by molar-refractivity contribution is 5.98. The third-order valence-corrected chi connectivity index (χ3v) is 7.90. The molecule has 3 aliphatic rings. The number of ether oxygens (including phenoxy) is 2. The summed E-state index contributed by atoms with van der Waals surface area (Å²) < 4.78 is 13.4. The van der Waals surface area contributed by atoms with E-state index in [2.05, 4.69) is 15.6 Å². The van der Waals surface area contributed by atoms with Crippen LogP contribution in [-0.4, -0.2) is 79.3 Å². The molecule has 3 saturated heterocycles. The predicted octanol–water partition coefficient (Wildman–Crippen LogP) is 0.604. The molecule has 2 aromatic rings. The molecule has 2 bridgehead atoms. The minimum Gasteiger partial charge on any atom is -0.466 e. The average molecular weight is 486 g/mol. The van der Waals surface area contributed by atoms with Crippen molar-refractivity contribution in [2.75, 3.05) is 13.2 Å². The Morgan fingerprint density at radius 3 is 2.80 bits per heavy atom. The van der Waals surface area contributed by atoms with E-state index in [-0.39, 0.29) is 25.8 Å². The first-order valence-corrected chi connectivity index (χ1v) is 12.2. The monoisotopic (exact) mass is 485 g/mol. The third-order valence-electron chi connectivity index (χ3n) is 7.90. The number of hydrogen-bond donors (Lipinski definition) is 2. The van der Waals surface area contributed by atoms with Crippen molar-refractivity contribution in [3.05, 3.63) is 24.3 Å². The molecule has 1 spiro atoms. The van der Waals surface area contributed by atoms with Crippen LogP contribution in [0.2, 0.25) is 0 Å². The number of carbonyl (C=O) groups excluding carboxylic acids is 3. The molecule has 0 saturated carbocycles. The lowest BCUT2D eigenvalue weighted by molar-refractivity contribution is -0.160. The summed E-state index contributed by atoms with van der Waals surface area (Å²) >= 11 is 0. The molecule has 11 nitrogen and oxygen atoms in total. The fourth-order valence-electron chi connectivity index (χ4n) is 6.34.